The third-order valence-electron chi connectivity index (χ3n) is 4.77. The molecule has 32 heavy (non-hydrogen) atoms. The molecule has 0 aliphatic carbocycles. The molecule has 0 bridgehead atoms. The molecular weight excluding hydrogens is 494 g/mol. The van der Waals surface area contributed by atoms with Gasteiger partial charge in [0.25, 0.3) is 0 Å². The largest absolute Gasteiger partial charge is 0.496 e. The first-order valence-corrected chi connectivity index (χ1v) is 10.8. The lowest BCUT2D eigenvalue weighted by atomic mass is 10.1. The minimum absolute atomic E-state index is 0.322. The Morgan fingerprint density at radius 1 is 1.06 bits per heavy atom. The van der Waals surface area contributed by atoms with Gasteiger partial charge in [0.1, 0.15) is 11.3 Å². The maximum absolute atomic E-state index is 12.4. The van der Waals surface area contributed by atoms with Crippen molar-refractivity contribution in [3.8, 4) is 16.9 Å². The molecule has 1 aromatic heterocycles. The Kier molecular flexibility index (Phi) is 6.44. The van der Waals surface area contributed by atoms with Gasteiger partial charge in [-0.1, -0.05) is 51.8 Å². The summed E-state index contributed by atoms with van der Waals surface area (Å²) in [6.07, 6.45) is 3.07. The number of methoxy groups -OCH3 is 1. The number of fused-ring (bicyclic) bond motifs is 1. The van der Waals surface area contributed by atoms with E-state index in [-0.39, 0.29) is 5.91 Å². The molecule has 0 saturated carbocycles. The molecule has 0 aliphatic rings. The average Bonchev–Trinajstić information content (AvgIpc) is 2.78. The zero-order valence-corrected chi connectivity index (χ0v) is 19.2. The van der Waals surface area contributed by atoms with Gasteiger partial charge in [0.05, 0.1) is 17.7 Å². The van der Waals surface area contributed by atoms with Gasteiger partial charge in [0.2, 0.25) is 5.91 Å². The molecule has 0 atom stereocenters. The van der Waals surface area contributed by atoms with E-state index in [1.54, 1.807) is 49.6 Å². The highest BCUT2D eigenvalue weighted by atomic mass is 79.9. The van der Waals surface area contributed by atoms with E-state index in [9.17, 15) is 9.59 Å². The van der Waals surface area contributed by atoms with E-state index < -0.39 is 5.63 Å². The topological polar surface area (TPSA) is 68.5 Å². The summed E-state index contributed by atoms with van der Waals surface area (Å²) in [5.74, 6) is 0.319. The van der Waals surface area contributed by atoms with Gasteiger partial charge in [0, 0.05) is 32.7 Å². The van der Waals surface area contributed by atoms with Gasteiger partial charge in [-0.15, -0.1) is 0 Å². The number of hydrogen-bond donors (Lipinski definition) is 1. The predicted molar refractivity (Wildman–Crippen MR) is 131 cm³/mol. The first-order chi connectivity index (χ1) is 15.4. The van der Waals surface area contributed by atoms with E-state index in [2.05, 4.69) is 21.2 Å². The van der Waals surface area contributed by atoms with Gasteiger partial charge in [-0.3, -0.25) is 4.79 Å². The Morgan fingerprint density at radius 2 is 1.88 bits per heavy atom. The summed E-state index contributed by atoms with van der Waals surface area (Å²) in [5, 5.41) is 3.88. The number of carbonyl (C=O) groups is 1. The summed E-state index contributed by atoms with van der Waals surface area (Å²) in [7, 11) is 1.57. The third kappa shape index (κ3) is 4.77. The van der Waals surface area contributed by atoms with Crippen molar-refractivity contribution in [2.24, 2.45) is 0 Å². The minimum atomic E-state index is -0.478. The maximum Gasteiger partial charge on any atom is 0.344 e. The zero-order chi connectivity index (χ0) is 22.7. The Balaban J connectivity index is 1.55. The molecular formula is C25H17BrClNO4. The van der Waals surface area contributed by atoms with E-state index in [0.717, 1.165) is 15.4 Å². The van der Waals surface area contributed by atoms with Crippen LogP contribution in [-0.2, 0) is 4.79 Å². The highest BCUT2D eigenvalue weighted by Crippen LogP contribution is 2.30. The number of carbonyl (C=O) groups excluding carboxylic acids is 1. The van der Waals surface area contributed by atoms with Crippen molar-refractivity contribution in [1.29, 1.82) is 0 Å². The molecule has 0 radical (unpaired) electrons. The summed E-state index contributed by atoms with van der Waals surface area (Å²) in [6, 6.07) is 19.5. The first-order valence-electron chi connectivity index (χ1n) is 9.60. The molecule has 0 aliphatic heterocycles. The smallest absolute Gasteiger partial charge is 0.344 e. The Morgan fingerprint density at radius 3 is 2.66 bits per heavy atom. The number of benzene rings is 3. The molecule has 1 amide bonds. The molecule has 1 N–H and O–H groups in total. The highest BCUT2D eigenvalue weighted by Gasteiger charge is 2.12. The first kappa shape index (κ1) is 21.9. The van der Waals surface area contributed by atoms with Gasteiger partial charge in [0.15, 0.2) is 0 Å². The molecule has 0 fully saturated rings. The number of para-hydroxylation sites is 1. The van der Waals surface area contributed by atoms with Crippen LogP contribution in [0.5, 0.6) is 5.75 Å². The van der Waals surface area contributed by atoms with Crippen LogP contribution in [0.1, 0.15) is 5.56 Å². The quantitative estimate of drug-likeness (QED) is 0.245. The molecule has 0 saturated heterocycles. The van der Waals surface area contributed by atoms with E-state index in [4.69, 9.17) is 20.8 Å². The van der Waals surface area contributed by atoms with Crippen LogP contribution in [0, 0.1) is 0 Å². The van der Waals surface area contributed by atoms with Gasteiger partial charge in [-0.05, 0) is 48.5 Å². The number of nitrogens with one attached hydrogen (secondary N) is 1. The van der Waals surface area contributed by atoms with Crippen molar-refractivity contribution < 1.29 is 13.9 Å². The molecule has 3 aromatic carbocycles. The second-order valence-electron chi connectivity index (χ2n) is 6.89. The van der Waals surface area contributed by atoms with Crippen molar-refractivity contribution in [3.63, 3.8) is 0 Å². The molecule has 0 unspecified atom stereocenters. The Hall–Kier alpha value is -3.35. The molecule has 0 spiro atoms. The van der Waals surface area contributed by atoms with Crippen molar-refractivity contribution in [2.45, 2.75) is 0 Å². The van der Waals surface area contributed by atoms with Crippen molar-refractivity contribution in [1.82, 2.24) is 0 Å². The summed E-state index contributed by atoms with van der Waals surface area (Å²) in [4.78, 5) is 24.8. The molecule has 4 aromatic rings. The van der Waals surface area contributed by atoms with Crippen LogP contribution in [0.25, 0.3) is 28.2 Å². The van der Waals surface area contributed by atoms with Gasteiger partial charge < -0.3 is 14.5 Å². The zero-order valence-electron chi connectivity index (χ0n) is 16.9. The molecule has 1 heterocycles. The van der Waals surface area contributed by atoms with Crippen LogP contribution in [0.15, 0.2) is 86.5 Å². The van der Waals surface area contributed by atoms with Crippen LogP contribution < -0.4 is 15.7 Å². The summed E-state index contributed by atoms with van der Waals surface area (Å²) in [6.45, 7) is 0. The van der Waals surface area contributed by atoms with Crippen LogP contribution >= 0.6 is 27.5 Å². The fourth-order valence-electron chi connectivity index (χ4n) is 3.25. The summed E-state index contributed by atoms with van der Waals surface area (Å²) < 4.78 is 11.6. The SMILES string of the molecule is COc1ccc(Br)cc1/C=C/C(=O)Nc1ccc(-c2cc3ccccc3oc2=O)c(Cl)c1. The van der Waals surface area contributed by atoms with Crippen LogP contribution in [-0.4, -0.2) is 13.0 Å². The average molecular weight is 511 g/mol. The van der Waals surface area contributed by atoms with Gasteiger partial charge in [-0.25, -0.2) is 4.79 Å². The third-order valence-corrected chi connectivity index (χ3v) is 5.58. The van der Waals surface area contributed by atoms with Gasteiger partial charge >= 0.3 is 5.63 Å². The maximum atomic E-state index is 12.4. The van der Waals surface area contributed by atoms with E-state index >= 15 is 0 Å². The molecule has 5 nitrogen and oxygen atoms in total. The van der Waals surface area contributed by atoms with Crippen molar-refractivity contribution in [3.05, 3.63) is 98.3 Å². The number of anilines is 1. The van der Waals surface area contributed by atoms with Crippen LogP contribution in [0.3, 0.4) is 0 Å². The van der Waals surface area contributed by atoms with Crippen molar-refractivity contribution in [2.75, 3.05) is 12.4 Å². The number of amides is 1. The van der Waals surface area contributed by atoms with E-state index in [1.165, 1.54) is 6.08 Å². The minimum Gasteiger partial charge on any atom is -0.496 e. The lowest BCUT2D eigenvalue weighted by Gasteiger charge is -2.08. The Labute approximate surface area is 197 Å². The molecule has 7 heteroatoms. The second-order valence-corrected chi connectivity index (χ2v) is 8.21. The van der Waals surface area contributed by atoms with E-state index in [0.29, 0.717) is 33.2 Å². The Bertz CT molecular complexity index is 1410. The number of hydrogen-bond acceptors (Lipinski definition) is 4. The lowest BCUT2D eigenvalue weighted by molar-refractivity contribution is -0.111. The fraction of sp³-hybridized carbons (Fsp3) is 0.0400. The standard InChI is InChI=1S/C25H17BrClNO4/c1-31-22-10-7-17(26)12-16(22)6-11-24(29)28-18-8-9-19(21(27)14-18)20-13-15-4-2-3-5-23(15)32-25(20)30/h2-14H,1H3,(H,28,29)/b11-6+. The lowest BCUT2D eigenvalue weighted by Crippen LogP contribution is -2.08. The monoisotopic (exact) mass is 509 g/mol. The van der Waals surface area contributed by atoms with Crippen LogP contribution in [0.2, 0.25) is 5.02 Å². The predicted octanol–water partition coefficient (Wildman–Crippen LogP) is 6.54. The molecule has 160 valence electrons. The number of ether oxygens (including phenoxy) is 1. The summed E-state index contributed by atoms with van der Waals surface area (Å²) >= 11 is 9.83. The van der Waals surface area contributed by atoms with E-state index in [1.807, 2.05) is 30.3 Å². The number of rotatable bonds is 5. The molecule has 4 rings (SSSR count). The number of halogens is 2. The summed E-state index contributed by atoms with van der Waals surface area (Å²) in [5.41, 5.74) is 2.17. The van der Waals surface area contributed by atoms with Gasteiger partial charge in [-0.2, -0.15) is 0 Å². The highest BCUT2D eigenvalue weighted by molar-refractivity contribution is 9.10. The second kappa shape index (κ2) is 9.42. The normalized spacial score (nSPS) is 11.1. The van der Waals surface area contributed by atoms with Crippen molar-refractivity contribution >= 4 is 56.2 Å². The fourth-order valence-corrected chi connectivity index (χ4v) is 3.91. The van der Waals surface area contributed by atoms with Crippen LogP contribution in [0.4, 0.5) is 5.69 Å².